The van der Waals surface area contributed by atoms with Crippen molar-refractivity contribution in [2.24, 2.45) is 0 Å². The van der Waals surface area contributed by atoms with E-state index in [-0.39, 0.29) is 5.56 Å². The van der Waals surface area contributed by atoms with Gasteiger partial charge in [0.05, 0.1) is 0 Å². The lowest BCUT2D eigenvalue weighted by Gasteiger charge is -2.26. The summed E-state index contributed by atoms with van der Waals surface area (Å²) in [5.74, 6) is 3.07. The van der Waals surface area contributed by atoms with E-state index in [1.807, 2.05) is 5.92 Å². The van der Waals surface area contributed by atoms with Gasteiger partial charge >= 0.3 is 6.18 Å². The van der Waals surface area contributed by atoms with Crippen LogP contribution in [0.4, 0.5) is 17.6 Å². The van der Waals surface area contributed by atoms with E-state index in [0.717, 1.165) is 31.2 Å². The second-order valence-electron chi connectivity index (χ2n) is 5.41. The van der Waals surface area contributed by atoms with E-state index in [1.54, 1.807) is 5.92 Å². The average Bonchev–Trinajstić information content (AvgIpc) is 2.52. The van der Waals surface area contributed by atoms with Crippen molar-refractivity contribution >= 4 is 0 Å². The number of halogens is 4. The van der Waals surface area contributed by atoms with Crippen LogP contribution >= 0.6 is 0 Å². The number of rotatable bonds is 2. The van der Waals surface area contributed by atoms with Gasteiger partial charge in [0.2, 0.25) is 5.60 Å². The number of benzene rings is 2. The molecule has 2 rings (SSSR count). The van der Waals surface area contributed by atoms with Crippen molar-refractivity contribution in [3.8, 4) is 11.8 Å². The molecule has 0 heterocycles. The Bertz CT molecular complexity index is 773. The SMILES string of the molecule is C[C@](O)(C#C[C@@](O)(c1ccccc1)C(F)(F)F)c1cccc(F)c1. The highest BCUT2D eigenvalue weighted by Gasteiger charge is 2.54. The zero-order chi connectivity index (χ0) is 18.0. The molecule has 126 valence electrons. The highest BCUT2D eigenvalue weighted by Crippen LogP contribution is 2.38. The maximum atomic E-state index is 13.3. The van der Waals surface area contributed by atoms with Gasteiger partial charge in [0.15, 0.2) is 0 Å². The second-order valence-corrected chi connectivity index (χ2v) is 5.41. The van der Waals surface area contributed by atoms with Crippen LogP contribution in [0.3, 0.4) is 0 Å². The Balaban J connectivity index is 2.51. The largest absolute Gasteiger partial charge is 0.433 e. The normalized spacial score (nSPS) is 16.5. The summed E-state index contributed by atoms with van der Waals surface area (Å²) in [4.78, 5) is 0. The quantitative estimate of drug-likeness (QED) is 0.650. The third-order valence-corrected chi connectivity index (χ3v) is 3.48. The van der Waals surface area contributed by atoms with Gasteiger partial charge in [-0.3, -0.25) is 0 Å². The molecule has 2 aromatic rings. The van der Waals surface area contributed by atoms with Crippen molar-refractivity contribution < 1.29 is 27.8 Å². The summed E-state index contributed by atoms with van der Waals surface area (Å²) in [5.41, 5.74) is -6.02. The van der Waals surface area contributed by atoms with Gasteiger partial charge in [-0.2, -0.15) is 13.2 Å². The monoisotopic (exact) mass is 338 g/mol. The third-order valence-electron chi connectivity index (χ3n) is 3.48. The van der Waals surface area contributed by atoms with Gasteiger partial charge in [0.1, 0.15) is 11.4 Å². The van der Waals surface area contributed by atoms with E-state index in [2.05, 4.69) is 0 Å². The summed E-state index contributed by atoms with van der Waals surface area (Å²) < 4.78 is 53.3. The molecule has 0 radical (unpaired) electrons. The molecule has 2 nitrogen and oxygen atoms in total. The van der Waals surface area contributed by atoms with Crippen LogP contribution in [0.5, 0.6) is 0 Å². The predicted molar refractivity (Wildman–Crippen MR) is 80.1 cm³/mol. The molecular weight excluding hydrogens is 324 g/mol. The lowest BCUT2D eigenvalue weighted by atomic mass is 9.90. The van der Waals surface area contributed by atoms with E-state index in [9.17, 15) is 27.8 Å². The van der Waals surface area contributed by atoms with Gasteiger partial charge in [-0.15, -0.1) is 0 Å². The summed E-state index contributed by atoms with van der Waals surface area (Å²) in [6, 6.07) is 11.0. The molecule has 2 atom stereocenters. The molecule has 0 aliphatic heterocycles. The Hall–Kier alpha value is -2.36. The molecule has 24 heavy (non-hydrogen) atoms. The highest BCUT2D eigenvalue weighted by molar-refractivity contribution is 5.38. The van der Waals surface area contributed by atoms with Crippen molar-refractivity contribution in [3.63, 3.8) is 0 Å². The lowest BCUT2D eigenvalue weighted by Crippen LogP contribution is -2.41. The highest BCUT2D eigenvalue weighted by atomic mass is 19.4. The van der Waals surface area contributed by atoms with Crippen LogP contribution in [0, 0.1) is 17.7 Å². The van der Waals surface area contributed by atoms with Crippen molar-refractivity contribution in [1.29, 1.82) is 0 Å². The van der Waals surface area contributed by atoms with E-state index in [1.165, 1.54) is 30.3 Å². The fraction of sp³-hybridized carbons (Fsp3) is 0.222. The van der Waals surface area contributed by atoms with Gasteiger partial charge in [0.25, 0.3) is 0 Å². The van der Waals surface area contributed by atoms with E-state index >= 15 is 0 Å². The van der Waals surface area contributed by atoms with Gasteiger partial charge in [-0.25, -0.2) is 4.39 Å². The molecule has 0 aromatic heterocycles. The van der Waals surface area contributed by atoms with Gasteiger partial charge in [-0.05, 0) is 24.6 Å². The van der Waals surface area contributed by atoms with Crippen molar-refractivity contribution in [3.05, 3.63) is 71.5 Å². The predicted octanol–water partition coefficient (Wildman–Crippen LogP) is 3.49. The Morgan fingerprint density at radius 1 is 0.833 bits per heavy atom. The minimum absolute atomic E-state index is 0.0208. The molecule has 0 fully saturated rings. The zero-order valence-electron chi connectivity index (χ0n) is 12.6. The summed E-state index contributed by atoms with van der Waals surface area (Å²) >= 11 is 0. The Morgan fingerprint density at radius 3 is 1.96 bits per heavy atom. The molecular formula is C18H14F4O2. The first-order chi connectivity index (χ1) is 11.1. The average molecular weight is 338 g/mol. The standard InChI is InChI=1S/C18H14F4O2/c1-16(23,14-8-5-9-15(19)12-14)10-11-17(24,18(20,21)22)13-6-3-2-4-7-13/h2-9,12,23-24H,1H3/t16-,17+/m0/s1. The lowest BCUT2D eigenvalue weighted by molar-refractivity contribution is -0.240. The molecule has 0 amide bonds. The van der Waals surface area contributed by atoms with Crippen LogP contribution < -0.4 is 0 Å². The van der Waals surface area contributed by atoms with E-state index in [4.69, 9.17) is 0 Å². The molecule has 0 saturated carbocycles. The van der Waals surface area contributed by atoms with Crippen LogP contribution in [0.25, 0.3) is 0 Å². The van der Waals surface area contributed by atoms with Crippen molar-refractivity contribution in [2.45, 2.75) is 24.3 Å². The van der Waals surface area contributed by atoms with E-state index in [0.29, 0.717) is 0 Å². The minimum atomic E-state index is -5.08. The summed E-state index contributed by atoms with van der Waals surface area (Å²) in [6.07, 6.45) is -5.08. The molecule has 6 heteroatoms. The fourth-order valence-electron chi connectivity index (χ4n) is 2.06. The Labute approximate surface area is 136 Å². The molecule has 2 aromatic carbocycles. The van der Waals surface area contributed by atoms with Crippen LogP contribution in [0.1, 0.15) is 18.1 Å². The minimum Gasteiger partial charge on any atom is -0.374 e. The molecule has 0 aliphatic carbocycles. The van der Waals surface area contributed by atoms with Gasteiger partial charge in [0, 0.05) is 5.56 Å². The zero-order valence-corrected chi connectivity index (χ0v) is 12.6. The maximum Gasteiger partial charge on any atom is 0.433 e. The Kier molecular flexibility index (Phi) is 4.70. The summed E-state index contributed by atoms with van der Waals surface area (Å²) in [6.45, 7) is 1.12. The van der Waals surface area contributed by atoms with Crippen LogP contribution in [0.15, 0.2) is 54.6 Å². The summed E-state index contributed by atoms with van der Waals surface area (Å²) in [5, 5.41) is 20.4. The van der Waals surface area contributed by atoms with Crippen molar-refractivity contribution in [2.75, 3.05) is 0 Å². The van der Waals surface area contributed by atoms with Gasteiger partial charge in [-0.1, -0.05) is 54.3 Å². The molecule has 0 bridgehead atoms. The Morgan fingerprint density at radius 2 is 1.42 bits per heavy atom. The first-order valence-corrected chi connectivity index (χ1v) is 6.94. The molecule has 0 unspecified atom stereocenters. The van der Waals surface area contributed by atoms with Crippen molar-refractivity contribution in [1.82, 2.24) is 0 Å². The number of hydrogen-bond acceptors (Lipinski definition) is 2. The maximum absolute atomic E-state index is 13.3. The first kappa shape index (κ1) is 18.0. The fourth-order valence-corrected chi connectivity index (χ4v) is 2.06. The van der Waals surface area contributed by atoms with E-state index < -0.39 is 28.8 Å². The smallest absolute Gasteiger partial charge is 0.374 e. The first-order valence-electron chi connectivity index (χ1n) is 6.94. The van der Waals surface area contributed by atoms with Crippen LogP contribution in [0.2, 0.25) is 0 Å². The molecule has 0 aliphatic rings. The number of aliphatic hydroxyl groups is 2. The second kappa shape index (κ2) is 6.27. The van der Waals surface area contributed by atoms with Crippen LogP contribution in [-0.4, -0.2) is 16.4 Å². The number of alkyl halides is 3. The molecule has 2 N–H and O–H groups in total. The van der Waals surface area contributed by atoms with Gasteiger partial charge < -0.3 is 10.2 Å². The topological polar surface area (TPSA) is 40.5 Å². The molecule has 0 spiro atoms. The van der Waals surface area contributed by atoms with Crippen LogP contribution in [-0.2, 0) is 11.2 Å². The molecule has 0 saturated heterocycles. The summed E-state index contributed by atoms with van der Waals surface area (Å²) in [7, 11) is 0. The number of hydrogen-bond donors (Lipinski definition) is 2. The third kappa shape index (κ3) is 3.58.